The Kier molecular flexibility index (Phi) is 3.90. The second kappa shape index (κ2) is 5.44. The van der Waals surface area contributed by atoms with E-state index in [1.54, 1.807) is 11.6 Å². The summed E-state index contributed by atoms with van der Waals surface area (Å²) in [4.78, 5) is 22.5. The number of hydrogen-bond donors (Lipinski definition) is 2. The van der Waals surface area contributed by atoms with Gasteiger partial charge in [0.05, 0.1) is 5.69 Å². The molecule has 19 heavy (non-hydrogen) atoms. The number of carboxylic acids is 1. The number of aliphatic carboxylic acids is 1. The number of carbonyl (C=O) groups is 1. The van der Waals surface area contributed by atoms with Crippen molar-refractivity contribution in [2.24, 2.45) is 0 Å². The van der Waals surface area contributed by atoms with Crippen LogP contribution in [-0.4, -0.2) is 20.9 Å². The van der Waals surface area contributed by atoms with Crippen molar-refractivity contribution in [3.05, 3.63) is 50.3 Å². The van der Waals surface area contributed by atoms with Crippen molar-refractivity contribution in [3.8, 4) is 5.69 Å². The van der Waals surface area contributed by atoms with Crippen LogP contribution < -0.4 is 5.56 Å². The highest BCUT2D eigenvalue weighted by atomic mass is 79.9. The molecule has 1 heterocycles. The minimum absolute atomic E-state index is 0.0517. The lowest BCUT2D eigenvalue weighted by Crippen LogP contribution is -2.09. The Morgan fingerprint density at radius 3 is 2.74 bits per heavy atom. The molecule has 1 aromatic heterocycles. The van der Waals surface area contributed by atoms with Crippen molar-refractivity contribution < 1.29 is 9.90 Å². The van der Waals surface area contributed by atoms with Crippen LogP contribution in [0.3, 0.4) is 0 Å². The van der Waals surface area contributed by atoms with E-state index in [1.165, 1.54) is 0 Å². The Morgan fingerprint density at radius 2 is 2.11 bits per heavy atom. The Hall–Kier alpha value is -1.82. The molecule has 0 radical (unpaired) electrons. The molecule has 0 atom stereocenters. The summed E-state index contributed by atoms with van der Waals surface area (Å²) in [6.45, 7) is 1.80. The summed E-state index contributed by atoms with van der Waals surface area (Å²) in [7, 11) is 0. The maximum absolute atomic E-state index is 11.9. The minimum atomic E-state index is -0.910. The fourth-order valence-electron chi connectivity index (χ4n) is 1.95. The highest BCUT2D eigenvalue weighted by molar-refractivity contribution is 9.10. The largest absolute Gasteiger partial charge is 0.481 e. The van der Waals surface area contributed by atoms with E-state index in [4.69, 9.17) is 5.11 Å². The van der Waals surface area contributed by atoms with E-state index < -0.39 is 5.97 Å². The Labute approximate surface area is 118 Å². The number of hydrogen-bond acceptors (Lipinski definition) is 2. The van der Waals surface area contributed by atoms with Crippen LogP contribution in [0.5, 0.6) is 0 Å². The molecule has 0 spiro atoms. The monoisotopic (exact) mass is 324 g/mol. The van der Waals surface area contributed by atoms with Gasteiger partial charge in [0.15, 0.2) is 0 Å². The molecule has 2 aromatic rings. The first kappa shape index (κ1) is 13.6. The predicted molar refractivity (Wildman–Crippen MR) is 74.8 cm³/mol. The smallest absolute Gasteiger partial charge is 0.303 e. The average Bonchev–Trinajstić information content (AvgIpc) is 2.63. The summed E-state index contributed by atoms with van der Waals surface area (Å²) >= 11 is 3.43. The van der Waals surface area contributed by atoms with E-state index in [0.29, 0.717) is 5.56 Å². The zero-order valence-corrected chi connectivity index (χ0v) is 11.9. The van der Waals surface area contributed by atoms with Gasteiger partial charge in [0.2, 0.25) is 0 Å². The first-order chi connectivity index (χ1) is 9.00. The van der Waals surface area contributed by atoms with Crippen LogP contribution in [0.25, 0.3) is 5.69 Å². The maximum Gasteiger partial charge on any atom is 0.303 e. The third-order valence-corrected chi connectivity index (χ3v) is 3.61. The number of rotatable bonds is 4. The quantitative estimate of drug-likeness (QED) is 0.905. The molecule has 0 saturated heterocycles. The summed E-state index contributed by atoms with van der Waals surface area (Å²) in [5.41, 5.74) is 1.82. The van der Waals surface area contributed by atoms with Crippen LogP contribution in [-0.2, 0) is 11.2 Å². The normalized spacial score (nSPS) is 10.6. The first-order valence-electron chi connectivity index (χ1n) is 5.78. The molecule has 5 nitrogen and oxygen atoms in total. The summed E-state index contributed by atoms with van der Waals surface area (Å²) < 4.78 is 2.53. The van der Waals surface area contributed by atoms with Gasteiger partial charge in [0.25, 0.3) is 5.56 Å². The number of aromatic nitrogens is 2. The standard InChI is InChI=1S/C13H13BrN2O3/c1-8-9(6-7-12(17)18)13(19)15-16(8)11-5-3-2-4-10(11)14/h2-5H,6-7H2,1H3,(H,15,19)(H,17,18). The number of nitrogens with zero attached hydrogens (tertiary/aromatic N) is 1. The van der Waals surface area contributed by atoms with E-state index in [1.807, 2.05) is 24.3 Å². The second-order valence-electron chi connectivity index (χ2n) is 4.19. The molecular formula is C13H13BrN2O3. The fourth-order valence-corrected chi connectivity index (χ4v) is 2.41. The number of nitrogens with one attached hydrogen (secondary N) is 1. The van der Waals surface area contributed by atoms with Gasteiger partial charge in [0, 0.05) is 22.2 Å². The fraction of sp³-hybridized carbons (Fsp3) is 0.231. The highest BCUT2D eigenvalue weighted by Gasteiger charge is 2.14. The van der Waals surface area contributed by atoms with Crippen molar-refractivity contribution >= 4 is 21.9 Å². The molecule has 0 bridgehead atoms. The van der Waals surface area contributed by atoms with Crippen molar-refractivity contribution in [1.29, 1.82) is 0 Å². The molecule has 100 valence electrons. The summed E-state index contributed by atoms with van der Waals surface area (Å²) in [5.74, 6) is -0.910. The molecule has 2 rings (SSSR count). The van der Waals surface area contributed by atoms with E-state index in [9.17, 15) is 9.59 Å². The van der Waals surface area contributed by atoms with Crippen molar-refractivity contribution in [2.45, 2.75) is 19.8 Å². The number of H-pyrrole nitrogens is 1. The molecule has 0 unspecified atom stereocenters. The lowest BCUT2D eigenvalue weighted by atomic mass is 10.1. The molecule has 0 aliphatic carbocycles. The molecular weight excluding hydrogens is 312 g/mol. The van der Waals surface area contributed by atoms with Crippen LogP contribution in [0.2, 0.25) is 0 Å². The van der Waals surface area contributed by atoms with E-state index in [2.05, 4.69) is 21.0 Å². The molecule has 0 aliphatic rings. The van der Waals surface area contributed by atoms with Gasteiger partial charge in [-0.1, -0.05) is 12.1 Å². The van der Waals surface area contributed by atoms with Gasteiger partial charge >= 0.3 is 5.97 Å². The SMILES string of the molecule is Cc1c(CCC(=O)O)c(=O)[nH]n1-c1ccccc1Br. The Bertz CT molecular complexity index is 673. The molecule has 0 saturated carbocycles. The summed E-state index contributed by atoms with van der Waals surface area (Å²) in [6, 6.07) is 7.50. The predicted octanol–water partition coefficient (Wildman–Crippen LogP) is 2.25. The molecule has 0 aliphatic heterocycles. The number of carboxylic acid groups (broad SMARTS) is 1. The van der Waals surface area contributed by atoms with E-state index in [0.717, 1.165) is 15.9 Å². The van der Waals surface area contributed by atoms with Crippen LogP contribution >= 0.6 is 15.9 Å². The molecule has 1 aromatic carbocycles. The Balaban J connectivity index is 2.45. The molecule has 0 fully saturated rings. The third-order valence-electron chi connectivity index (χ3n) is 2.94. The first-order valence-corrected chi connectivity index (χ1v) is 6.57. The molecule has 6 heteroatoms. The molecule has 0 amide bonds. The van der Waals surface area contributed by atoms with Gasteiger partial charge < -0.3 is 5.11 Å². The third kappa shape index (κ3) is 2.78. The van der Waals surface area contributed by atoms with Crippen molar-refractivity contribution in [3.63, 3.8) is 0 Å². The van der Waals surface area contributed by atoms with Gasteiger partial charge in [0.1, 0.15) is 0 Å². The lowest BCUT2D eigenvalue weighted by Gasteiger charge is -2.08. The number of benzene rings is 1. The maximum atomic E-state index is 11.9. The van der Waals surface area contributed by atoms with Gasteiger partial charge in [-0.25, -0.2) is 0 Å². The lowest BCUT2D eigenvalue weighted by molar-refractivity contribution is -0.136. The topological polar surface area (TPSA) is 75.1 Å². The van der Waals surface area contributed by atoms with Crippen LogP contribution in [0.15, 0.2) is 33.5 Å². The van der Waals surface area contributed by atoms with E-state index >= 15 is 0 Å². The number of aromatic amines is 1. The molecule has 2 N–H and O–H groups in total. The van der Waals surface area contributed by atoms with Crippen molar-refractivity contribution in [1.82, 2.24) is 9.78 Å². The highest BCUT2D eigenvalue weighted by Crippen LogP contribution is 2.21. The van der Waals surface area contributed by atoms with E-state index in [-0.39, 0.29) is 18.4 Å². The van der Waals surface area contributed by atoms with Gasteiger partial charge in [-0.15, -0.1) is 0 Å². The van der Waals surface area contributed by atoms with Gasteiger partial charge in [-0.05, 0) is 41.4 Å². The second-order valence-corrected chi connectivity index (χ2v) is 5.04. The number of para-hydroxylation sites is 1. The van der Waals surface area contributed by atoms with Crippen LogP contribution in [0.4, 0.5) is 0 Å². The average molecular weight is 325 g/mol. The number of halogens is 1. The minimum Gasteiger partial charge on any atom is -0.481 e. The summed E-state index contributed by atoms with van der Waals surface area (Å²) in [6.07, 6.45) is 0.178. The Morgan fingerprint density at radius 1 is 1.42 bits per heavy atom. The zero-order valence-electron chi connectivity index (χ0n) is 10.3. The summed E-state index contributed by atoms with van der Waals surface area (Å²) in [5, 5.41) is 11.4. The van der Waals surface area contributed by atoms with Crippen LogP contribution in [0, 0.1) is 6.92 Å². The van der Waals surface area contributed by atoms with Crippen molar-refractivity contribution in [2.75, 3.05) is 0 Å². The zero-order chi connectivity index (χ0) is 14.0. The van der Waals surface area contributed by atoms with Gasteiger partial charge in [-0.2, -0.15) is 0 Å². The van der Waals surface area contributed by atoms with Gasteiger partial charge in [-0.3, -0.25) is 19.4 Å². The van der Waals surface area contributed by atoms with Crippen LogP contribution in [0.1, 0.15) is 17.7 Å².